The molecule has 0 N–H and O–H groups in total. The predicted octanol–water partition coefficient (Wildman–Crippen LogP) is 4.57. The summed E-state index contributed by atoms with van der Waals surface area (Å²) in [6.45, 7) is 2.15. The smallest absolute Gasteiger partial charge is 0.238 e. The summed E-state index contributed by atoms with van der Waals surface area (Å²) in [5, 5.41) is 0. The normalized spacial score (nSPS) is 25.1. The van der Waals surface area contributed by atoms with E-state index in [1.807, 2.05) is 55.5 Å². The van der Waals surface area contributed by atoms with Gasteiger partial charge >= 0.3 is 0 Å². The number of sulfone groups is 1. The van der Waals surface area contributed by atoms with E-state index in [9.17, 15) is 8.42 Å². The molecule has 4 atom stereocenters. The van der Waals surface area contributed by atoms with Crippen LogP contribution in [0.2, 0.25) is 0 Å². The zero-order valence-corrected chi connectivity index (χ0v) is 18.9. The molecule has 0 saturated carbocycles. The molecule has 6 nitrogen and oxygen atoms in total. The van der Waals surface area contributed by atoms with Gasteiger partial charge < -0.3 is 18.9 Å². The Hall–Kier alpha value is -2.97. The van der Waals surface area contributed by atoms with Gasteiger partial charge in [0.1, 0.15) is 22.9 Å². The number of para-hydroxylation sites is 1. The molecule has 1 unspecified atom stereocenters. The van der Waals surface area contributed by atoms with Crippen molar-refractivity contribution in [3.8, 4) is 5.75 Å². The molecule has 0 bridgehead atoms. The van der Waals surface area contributed by atoms with Gasteiger partial charge in [-0.05, 0) is 37.3 Å². The van der Waals surface area contributed by atoms with Crippen LogP contribution in [0.4, 0.5) is 0 Å². The molecule has 170 valence electrons. The number of aryl methyl sites for hydroxylation is 1. The van der Waals surface area contributed by atoms with E-state index in [2.05, 4.69) is 0 Å². The highest BCUT2D eigenvalue weighted by atomic mass is 32.2. The molecule has 0 spiro atoms. The van der Waals surface area contributed by atoms with Gasteiger partial charge in [0.2, 0.25) is 16.1 Å². The third kappa shape index (κ3) is 4.58. The predicted molar refractivity (Wildman–Crippen MR) is 122 cm³/mol. The molecule has 5 rings (SSSR count). The molecule has 3 aromatic rings. The molecule has 1 saturated heterocycles. The molecule has 0 radical (unpaired) electrons. The molecule has 2 aliphatic heterocycles. The summed E-state index contributed by atoms with van der Waals surface area (Å²) in [4.78, 5) is 0.194. The second-order valence-corrected chi connectivity index (χ2v) is 9.95. The summed E-state index contributed by atoms with van der Waals surface area (Å²) in [5.74, 6) is 0.505. The lowest BCUT2D eigenvalue weighted by Crippen LogP contribution is -2.49. The van der Waals surface area contributed by atoms with Crippen molar-refractivity contribution >= 4 is 9.84 Å². The summed E-state index contributed by atoms with van der Waals surface area (Å²) < 4.78 is 51.3. The molecule has 7 heteroatoms. The molecule has 0 aliphatic carbocycles. The second-order valence-electron chi connectivity index (χ2n) is 8.00. The van der Waals surface area contributed by atoms with E-state index >= 15 is 0 Å². The molecule has 1 fully saturated rings. The Morgan fingerprint density at radius 1 is 0.848 bits per heavy atom. The lowest BCUT2D eigenvalue weighted by atomic mass is 10.1. The topological polar surface area (TPSA) is 71.1 Å². The van der Waals surface area contributed by atoms with Gasteiger partial charge in [0.25, 0.3) is 0 Å². The van der Waals surface area contributed by atoms with Crippen molar-refractivity contribution in [3.05, 3.63) is 107 Å². The monoisotopic (exact) mass is 464 g/mol. The van der Waals surface area contributed by atoms with Gasteiger partial charge in [-0.15, -0.1) is 0 Å². The zero-order chi connectivity index (χ0) is 22.8. The number of hydrogen-bond acceptors (Lipinski definition) is 6. The first-order chi connectivity index (χ1) is 16.0. The van der Waals surface area contributed by atoms with E-state index < -0.39 is 34.6 Å². The number of ether oxygens (including phenoxy) is 4. The minimum absolute atomic E-state index is 0.0187. The van der Waals surface area contributed by atoms with Gasteiger partial charge in [0.15, 0.2) is 6.29 Å². The van der Waals surface area contributed by atoms with Crippen molar-refractivity contribution in [1.82, 2.24) is 0 Å². The molecule has 0 amide bonds. The zero-order valence-electron chi connectivity index (χ0n) is 18.0. The van der Waals surface area contributed by atoms with Crippen LogP contribution in [-0.4, -0.2) is 33.5 Å². The van der Waals surface area contributed by atoms with Crippen LogP contribution in [0.3, 0.4) is 0 Å². The number of rotatable bonds is 5. The molecular weight excluding hydrogens is 440 g/mol. The Labute approximate surface area is 193 Å². The van der Waals surface area contributed by atoms with Gasteiger partial charge in [-0.1, -0.05) is 66.2 Å². The van der Waals surface area contributed by atoms with E-state index in [1.54, 1.807) is 42.5 Å². The van der Waals surface area contributed by atoms with Gasteiger partial charge in [-0.2, -0.15) is 0 Å². The van der Waals surface area contributed by atoms with Crippen molar-refractivity contribution in [2.75, 3.05) is 6.61 Å². The van der Waals surface area contributed by atoms with Crippen molar-refractivity contribution < 1.29 is 27.4 Å². The van der Waals surface area contributed by atoms with E-state index in [-0.39, 0.29) is 16.4 Å². The minimum Gasteiger partial charge on any atom is -0.460 e. The largest absolute Gasteiger partial charge is 0.460 e. The van der Waals surface area contributed by atoms with Crippen LogP contribution in [0.5, 0.6) is 5.75 Å². The van der Waals surface area contributed by atoms with Gasteiger partial charge in [-0.3, -0.25) is 0 Å². The van der Waals surface area contributed by atoms with Crippen LogP contribution >= 0.6 is 0 Å². The van der Waals surface area contributed by atoms with Crippen molar-refractivity contribution in [2.24, 2.45) is 0 Å². The van der Waals surface area contributed by atoms with Gasteiger partial charge in [-0.25, -0.2) is 8.42 Å². The SMILES string of the molecule is Cc1ccc(S(=O)(=O)C2=C[C@@H]3OC(c4ccccc4)OC[C@H]3O[C@H]2Oc2ccccc2)cc1. The standard InChI is InChI=1S/C26H24O6S/c1-18-12-14-21(15-13-18)33(27,28)24-16-22-23(32-26(24)30-20-10-6-3-7-11-20)17-29-25(31-22)19-8-4-2-5-9-19/h2-16,22-23,25-26H,17H2,1H3/t22-,23+,25?,26+/m0/s1. The third-order valence-electron chi connectivity index (χ3n) is 5.62. The lowest BCUT2D eigenvalue weighted by Gasteiger charge is -2.40. The molecular formula is C26H24O6S. The van der Waals surface area contributed by atoms with Crippen molar-refractivity contribution in [3.63, 3.8) is 0 Å². The second kappa shape index (κ2) is 9.11. The highest BCUT2D eigenvalue weighted by molar-refractivity contribution is 7.95. The third-order valence-corrected chi connectivity index (χ3v) is 7.46. The van der Waals surface area contributed by atoms with Crippen LogP contribution in [0.1, 0.15) is 17.4 Å². The molecule has 33 heavy (non-hydrogen) atoms. The summed E-state index contributed by atoms with van der Waals surface area (Å²) >= 11 is 0. The fourth-order valence-corrected chi connectivity index (χ4v) is 5.28. The minimum atomic E-state index is -3.89. The molecule has 2 aliphatic rings. The van der Waals surface area contributed by atoms with Crippen LogP contribution in [0, 0.1) is 6.92 Å². The van der Waals surface area contributed by atoms with E-state index in [1.165, 1.54) is 0 Å². The van der Waals surface area contributed by atoms with E-state index in [0.29, 0.717) is 5.75 Å². The Balaban J connectivity index is 1.50. The fourth-order valence-electron chi connectivity index (χ4n) is 3.84. The Morgan fingerprint density at radius 2 is 1.52 bits per heavy atom. The number of fused-ring (bicyclic) bond motifs is 1. The lowest BCUT2D eigenvalue weighted by molar-refractivity contribution is -0.275. The maximum Gasteiger partial charge on any atom is 0.238 e. The van der Waals surface area contributed by atoms with Crippen molar-refractivity contribution in [2.45, 2.75) is 36.6 Å². The summed E-state index contributed by atoms with van der Waals surface area (Å²) in [7, 11) is -3.89. The first kappa shape index (κ1) is 21.9. The van der Waals surface area contributed by atoms with E-state index in [0.717, 1.165) is 11.1 Å². The first-order valence-corrected chi connectivity index (χ1v) is 12.2. The van der Waals surface area contributed by atoms with Crippen LogP contribution in [0.25, 0.3) is 0 Å². The maximum absolute atomic E-state index is 13.6. The van der Waals surface area contributed by atoms with E-state index in [4.69, 9.17) is 18.9 Å². The molecule has 3 aromatic carbocycles. The average molecular weight is 465 g/mol. The summed E-state index contributed by atoms with van der Waals surface area (Å²) in [6.07, 6.45) is -1.23. The number of hydrogen-bond donors (Lipinski definition) is 0. The first-order valence-electron chi connectivity index (χ1n) is 10.7. The molecule has 0 aromatic heterocycles. The Morgan fingerprint density at radius 3 is 2.21 bits per heavy atom. The fraction of sp³-hybridized carbons (Fsp3) is 0.231. The van der Waals surface area contributed by atoms with Crippen molar-refractivity contribution in [1.29, 1.82) is 0 Å². The summed E-state index contributed by atoms with van der Waals surface area (Å²) in [5.41, 5.74) is 1.83. The summed E-state index contributed by atoms with van der Waals surface area (Å²) in [6, 6.07) is 25.2. The van der Waals surface area contributed by atoms with Gasteiger partial charge in [0, 0.05) is 5.56 Å². The number of benzene rings is 3. The highest BCUT2D eigenvalue weighted by Gasteiger charge is 2.43. The van der Waals surface area contributed by atoms with Crippen LogP contribution in [0.15, 0.2) is 101 Å². The average Bonchev–Trinajstić information content (AvgIpc) is 2.85. The Kier molecular flexibility index (Phi) is 6.03. The van der Waals surface area contributed by atoms with Crippen LogP contribution in [-0.2, 0) is 24.0 Å². The quantitative estimate of drug-likeness (QED) is 0.551. The Bertz CT molecular complexity index is 1220. The highest BCUT2D eigenvalue weighted by Crippen LogP contribution is 2.36. The van der Waals surface area contributed by atoms with Gasteiger partial charge in [0.05, 0.1) is 11.5 Å². The van der Waals surface area contributed by atoms with Crippen LogP contribution < -0.4 is 4.74 Å². The maximum atomic E-state index is 13.6. The molecule has 2 heterocycles.